The summed E-state index contributed by atoms with van der Waals surface area (Å²) < 4.78 is 1.45. The highest BCUT2D eigenvalue weighted by Gasteiger charge is 2.16. The van der Waals surface area contributed by atoms with E-state index in [4.69, 9.17) is 0 Å². The van der Waals surface area contributed by atoms with Crippen molar-refractivity contribution < 1.29 is 0 Å². The summed E-state index contributed by atoms with van der Waals surface area (Å²) in [7, 11) is 0. The first kappa shape index (κ1) is 9.24. The fraction of sp³-hybridized carbons (Fsp3) is 0.600. The molecule has 1 N–H and O–H groups in total. The molecular weight excluding hydrogens is 178 g/mol. The van der Waals surface area contributed by atoms with Gasteiger partial charge in [-0.1, -0.05) is 0 Å². The summed E-state index contributed by atoms with van der Waals surface area (Å²) in [6.07, 6.45) is 5.42. The molecule has 76 valence electrons. The topological polar surface area (TPSA) is 46.9 Å². The van der Waals surface area contributed by atoms with Crippen molar-refractivity contribution in [1.29, 1.82) is 0 Å². The van der Waals surface area contributed by atoms with E-state index in [1.54, 1.807) is 12.3 Å². The standard InChI is InChI=1S/C10H15N3O/c1-2-13-10(14)6-9(7-11-13)12-8-4-3-5-8/h6-8,12H,2-5H2,1H3. The summed E-state index contributed by atoms with van der Waals surface area (Å²) in [5.41, 5.74) is 0.821. The third-order valence-electron chi connectivity index (χ3n) is 2.65. The largest absolute Gasteiger partial charge is 0.381 e. The summed E-state index contributed by atoms with van der Waals surface area (Å²) in [6.45, 7) is 2.54. The number of anilines is 1. The number of rotatable bonds is 3. The fourth-order valence-corrected chi connectivity index (χ4v) is 1.54. The van der Waals surface area contributed by atoms with Gasteiger partial charge in [-0.15, -0.1) is 0 Å². The minimum absolute atomic E-state index is 0.0307. The van der Waals surface area contributed by atoms with Crippen molar-refractivity contribution in [2.75, 3.05) is 5.32 Å². The van der Waals surface area contributed by atoms with Gasteiger partial charge < -0.3 is 5.32 Å². The van der Waals surface area contributed by atoms with Crippen LogP contribution in [0.2, 0.25) is 0 Å². The lowest BCUT2D eigenvalue weighted by Crippen LogP contribution is -2.29. The van der Waals surface area contributed by atoms with Gasteiger partial charge in [0.25, 0.3) is 5.56 Å². The normalized spacial score (nSPS) is 16.4. The van der Waals surface area contributed by atoms with Gasteiger partial charge >= 0.3 is 0 Å². The maximum Gasteiger partial charge on any atom is 0.268 e. The molecule has 1 aliphatic rings. The predicted octanol–water partition coefficient (Wildman–Crippen LogP) is 1.23. The molecule has 1 aromatic rings. The van der Waals surface area contributed by atoms with E-state index >= 15 is 0 Å². The zero-order chi connectivity index (χ0) is 9.97. The van der Waals surface area contributed by atoms with Crippen LogP contribution in [-0.2, 0) is 6.54 Å². The molecule has 0 unspecified atom stereocenters. The maximum absolute atomic E-state index is 11.4. The molecule has 0 saturated heterocycles. The van der Waals surface area contributed by atoms with Crippen LogP contribution in [0.4, 0.5) is 5.69 Å². The molecule has 1 heterocycles. The van der Waals surface area contributed by atoms with Crippen LogP contribution in [0.1, 0.15) is 26.2 Å². The van der Waals surface area contributed by atoms with E-state index in [2.05, 4.69) is 10.4 Å². The van der Waals surface area contributed by atoms with Crippen LogP contribution in [0.3, 0.4) is 0 Å². The van der Waals surface area contributed by atoms with E-state index in [0.717, 1.165) is 5.69 Å². The quantitative estimate of drug-likeness (QED) is 0.785. The summed E-state index contributed by atoms with van der Waals surface area (Å²) in [5.74, 6) is 0. The molecule has 1 fully saturated rings. The highest BCUT2D eigenvalue weighted by atomic mass is 16.1. The number of aryl methyl sites for hydroxylation is 1. The Morgan fingerprint density at radius 3 is 2.93 bits per heavy atom. The minimum Gasteiger partial charge on any atom is -0.381 e. The lowest BCUT2D eigenvalue weighted by molar-refractivity contribution is 0.445. The van der Waals surface area contributed by atoms with E-state index in [1.807, 2.05) is 6.92 Å². The molecule has 4 nitrogen and oxygen atoms in total. The number of nitrogens with zero attached hydrogens (tertiary/aromatic N) is 2. The average Bonchev–Trinajstić information content (AvgIpc) is 2.12. The molecule has 0 aromatic carbocycles. The van der Waals surface area contributed by atoms with E-state index in [1.165, 1.54) is 23.9 Å². The van der Waals surface area contributed by atoms with Crippen molar-refractivity contribution in [3.63, 3.8) is 0 Å². The van der Waals surface area contributed by atoms with Gasteiger partial charge in [0, 0.05) is 18.7 Å². The Labute approximate surface area is 82.9 Å². The van der Waals surface area contributed by atoms with Crippen molar-refractivity contribution in [2.24, 2.45) is 0 Å². The second kappa shape index (κ2) is 3.82. The van der Waals surface area contributed by atoms with E-state index in [9.17, 15) is 4.79 Å². The van der Waals surface area contributed by atoms with Crippen LogP contribution in [0, 0.1) is 0 Å². The zero-order valence-electron chi connectivity index (χ0n) is 8.36. The summed E-state index contributed by atoms with van der Waals surface area (Å²) in [4.78, 5) is 11.4. The Morgan fingerprint density at radius 1 is 1.64 bits per heavy atom. The molecule has 0 radical (unpaired) electrons. The Kier molecular flexibility index (Phi) is 2.52. The van der Waals surface area contributed by atoms with Crippen LogP contribution in [0.15, 0.2) is 17.1 Å². The van der Waals surface area contributed by atoms with Crippen LogP contribution in [0.5, 0.6) is 0 Å². The Hall–Kier alpha value is -1.32. The van der Waals surface area contributed by atoms with Gasteiger partial charge in [0.1, 0.15) is 0 Å². The molecule has 4 heteroatoms. The second-order valence-electron chi connectivity index (χ2n) is 3.67. The van der Waals surface area contributed by atoms with Gasteiger partial charge in [-0.25, -0.2) is 4.68 Å². The molecule has 1 saturated carbocycles. The summed E-state index contributed by atoms with van der Waals surface area (Å²) in [6, 6.07) is 2.17. The smallest absolute Gasteiger partial charge is 0.268 e. The first-order valence-electron chi connectivity index (χ1n) is 5.13. The molecule has 0 aliphatic heterocycles. The number of hydrogen-bond acceptors (Lipinski definition) is 3. The zero-order valence-corrected chi connectivity index (χ0v) is 8.36. The van der Waals surface area contributed by atoms with Crippen molar-refractivity contribution >= 4 is 5.69 Å². The molecule has 0 bridgehead atoms. The van der Waals surface area contributed by atoms with Crippen molar-refractivity contribution in [1.82, 2.24) is 9.78 Å². The van der Waals surface area contributed by atoms with E-state index in [-0.39, 0.29) is 5.56 Å². The lowest BCUT2D eigenvalue weighted by Gasteiger charge is -2.27. The van der Waals surface area contributed by atoms with E-state index < -0.39 is 0 Å². The molecule has 14 heavy (non-hydrogen) atoms. The third-order valence-corrected chi connectivity index (χ3v) is 2.65. The second-order valence-corrected chi connectivity index (χ2v) is 3.67. The van der Waals surface area contributed by atoms with E-state index in [0.29, 0.717) is 12.6 Å². The predicted molar refractivity (Wildman–Crippen MR) is 55.4 cm³/mol. The molecule has 0 atom stereocenters. The molecule has 1 aliphatic carbocycles. The fourth-order valence-electron chi connectivity index (χ4n) is 1.54. The van der Waals surface area contributed by atoms with Crippen LogP contribution < -0.4 is 10.9 Å². The van der Waals surface area contributed by atoms with Crippen LogP contribution in [-0.4, -0.2) is 15.8 Å². The van der Waals surface area contributed by atoms with Crippen molar-refractivity contribution in [3.05, 3.63) is 22.6 Å². The minimum atomic E-state index is -0.0307. The van der Waals surface area contributed by atoms with Gasteiger partial charge in [-0.2, -0.15) is 5.10 Å². The molecule has 2 rings (SSSR count). The lowest BCUT2D eigenvalue weighted by atomic mass is 9.93. The Bertz CT molecular complexity index is 368. The average molecular weight is 193 g/mol. The number of nitrogens with one attached hydrogen (secondary N) is 1. The van der Waals surface area contributed by atoms with Gasteiger partial charge in [0.15, 0.2) is 0 Å². The molecule has 0 spiro atoms. The SMILES string of the molecule is CCn1ncc(NC2CCC2)cc1=O. The van der Waals surface area contributed by atoms with Crippen molar-refractivity contribution in [3.8, 4) is 0 Å². The van der Waals surface area contributed by atoms with Gasteiger partial charge in [-0.3, -0.25) is 4.79 Å². The molecular formula is C10H15N3O. The van der Waals surface area contributed by atoms with Gasteiger partial charge in [-0.05, 0) is 26.2 Å². The van der Waals surface area contributed by atoms with Crippen LogP contribution >= 0.6 is 0 Å². The summed E-state index contributed by atoms with van der Waals surface area (Å²) in [5, 5.41) is 7.34. The van der Waals surface area contributed by atoms with Crippen molar-refractivity contribution in [2.45, 2.75) is 38.8 Å². The number of aromatic nitrogens is 2. The highest BCUT2D eigenvalue weighted by molar-refractivity contribution is 5.40. The maximum atomic E-state index is 11.4. The first-order valence-corrected chi connectivity index (χ1v) is 5.13. The summed E-state index contributed by atoms with van der Waals surface area (Å²) >= 11 is 0. The Balaban J connectivity index is 2.11. The monoisotopic (exact) mass is 193 g/mol. The first-order chi connectivity index (χ1) is 6.79. The molecule has 0 amide bonds. The molecule has 1 aromatic heterocycles. The number of hydrogen-bond donors (Lipinski definition) is 1. The van der Waals surface area contributed by atoms with Crippen LogP contribution in [0.25, 0.3) is 0 Å². The van der Waals surface area contributed by atoms with Gasteiger partial charge in [0.2, 0.25) is 0 Å². The Morgan fingerprint density at radius 2 is 2.43 bits per heavy atom. The third kappa shape index (κ3) is 1.78. The highest BCUT2D eigenvalue weighted by Crippen LogP contribution is 2.21. The van der Waals surface area contributed by atoms with Gasteiger partial charge in [0.05, 0.1) is 11.9 Å².